The zero-order valence-corrected chi connectivity index (χ0v) is 15.8. The largest absolute Gasteiger partial charge is 0.497 e. The number of aromatic nitrogens is 4. The molecule has 0 unspecified atom stereocenters. The van der Waals surface area contributed by atoms with Crippen molar-refractivity contribution in [3.63, 3.8) is 0 Å². The molecule has 4 aromatic rings. The summed E-state index contributed by atoms with van der Waals surface area (Å²) in [4.78, 5) is 21.2. The summed E-state index contributed by atoms with van der Waals surface area (Å²) in [6.45, 7) is 0.348. The van der Waals surface area contributed by atoms with E-state index < -0.39 is 0 Å². The molecule has 0 aliphatic heterocycles. The van der Waals surface area contributed by atoms with E-state index in [9.17, 15) is 4.79 Å². The van der Waals surface area contributed by atoms with Gasteiger partial charge in [0.25, 0.3) is 5.91 Å². The van der Waals surface area contributed by atoms with E-state index in [2.05, 4.69) is 20.4 Å². The molecular weight excluding hydrogens is 366 g/mol. The van der Waals surface area contributed by atoms with E-state index in [4.69, 9.17) is 4.74 Å². The van der Waals surface area contributed by atoms with Gasteiger partial charge in [0.2, 0.25) is 5.82 Å². The summed E-state index contributed by atoms with van der Waals surface area (Å²) in [6, 6.07) is 20.8. The zero-order chi connectivity index (χ0) is 20.1. The first-order valence-electron chi connectivity index (χ1n) is 9.08. The van der Waals surface area contributed by atoms with Gasteiger partial charge in [-0.25, -0.2) is 9.67 Å². The van der Waals surface area contributed by atoms with Crippen molar-refractivity contribution in [3.8, 4) is 22.8 Å². The second-order valence-corrected chi connectivity index (χ2v) is 6.28. The molecule has 1 amide bonds. The molecular formula is C22H19N5O2. The van der Waals surface area contributed by atoms with Gasteiger partial charge in [-0.3, -0.25) is 9.78 Å². The van der Waals surface area contributed by atoms with Gasteiger partial charge in [0, 0.05) is 24.5 Å². The Morgan fingerprint density at radius 3 is 2.69 bits per heavy atom. The van der Waals surface area contributed by atoms with Crippen molar-refractivity contribution in [1.82, 2.24) is 25.1 Å². The van der Waals surface area contributed by atoms with Gasteiger partial charge in [-0.1, -0.05) is 36.4 Å². The zero-order valence-electron chi connectivity index (χ0n) is 15.8. The molecule has 7 nitrogen and oxygen atoms in total. The summed E-state index contributed by atoms with van der Waals surface area (Å²) in [5, 5.41) is 7.30. The van der Waals surface area contributed by atoms with E-state index in [1.165, 1.54) is 0 Å². The number of nitrogens with one attached hydrogen (secondary N) is 1. The van der Waals surface area contributed by atoms with Gasteiger partial charge >= 0.3 is 0 Å². The van der Waals surface area contributed by atoms with Crippen molar-refractivity contribution < 1.29 is 9.53 Å². The molecule has 4 rings (SSSR count). The average Bonchev–Trinajstić information content (AvgIpc) is 3.24. The van der Waals surface area contributed by atoms with Crippen LogP contribution in [0.15, 0.2) is 79.1 Å². The Morgan fingerprint density at radius 2 is 1.93 bits per heavy atom. The van der Waals surface area contributed by atoms with Crippen molar-refractivity contribution in [2.45, 2.75) is 6.54 Å². The Balaban J connectivity index is 1.68. The number of methoxy groups -OCH3 is 1. The number of rotatable bonds is 6. The van der Waals surface area contributed by atoms with Gasteiger partial charge in [0.05, 0.1) is 12.8 Å². The van der Waals surface area contributed by atoms with Crippen LogP contribution in [0.5, 0.6) is 5.75 Å². The number of para-hydroxylation sites is 1. The third-order valence-electron chi connectivity index (χ3n) is 4.31. The molecule has 0 bridgehead atoms. The third-order valence-corrected chi connectivity index (χ3v) is 4.31. The number of carbonyl (C=O) groups is 1. The fraction of sp³-hybridized carbons (Fsp3) is 0.0909. The first-order chi connectivity index (χ1) is 14.2. The maximum atomic E-state index is 12.7. The van der Waals surface area contributed by atoms with E-state index in [1.807, 2.05) is 66.7 Å². The highest BCUT2D eigenvalue weighted by molar-refractivity contribution is 5.91. The number of carbonyl (C=O) groups excluding carboxylic acids is 1. The minimum atomic E-state index is -0.354. The molecule has 0 aliphatic carbocycles. The molecule has 2 aromatic carbocycles. The summed E-state index contributed by atoms with van der Waals surface area (Å²) >= 11 is 0. The number of ether oxygens (including phenoxy) is 1. The topological polar surface area (TPSA) is 81.9 Å². The van der Waals surface area contributed by atoms with Gasteiger partial charge in [-0.2, -0.15) is 0 Å². The lowest BCUT2D eigenvalue weighted by Crippen LogP contribution is -2.24. The lowest BCUT2D eigenvalue weighted by atomic mass is 10.2. The van der Waals surface area contributed by atoms with E-state index in [0.717, 1.165) is 16.8 Å². The highest BCUT2D eigenvalue weighted by Gasteiger charge is 2.19. The SMILES string of the molecule is COc1cccc(-c2nc(C(=O)NCc3cccnc3)nn2-c2ccccc2)c1. The van der Waals surface area contributed by atoms with Crippen LogP contribution in [0.25, 0.3) is 17.1 Å². The fourth-order valence-electron chi connectivity index (χ4n) is 2.87. The van der Waals surface area contributed by atoms with Crippen molar-refractivity contribution in [3.05, 3.63) is 90.5 Å². The quantitative estimate of drug-likeness (QED) is 0.551. The molecule has 0 atom stereocenters. The second kappa shape index (κ2) is 8.35. The Kier molecular flexibility index (Phi) is 5.29. The van der Waals surface area contributed by atoms with Crippen molar-refractivity contribution in [2.75, 3.05) is 7.11 Å². The molecule has 0 saturated heterocycles. The molecule has 0 aliphatic rings. The molecule has 29 heavy (non-hydrogen) atoms. The van der Waals surface area contributed by atoms with Gasteiger partial charge < -0.3 is 10.1 Å². The monoisotopic (exact) mass is 385 g/mol. The highest BCUT2D eigenvalue weighted by Crippen LogP contribution is 2.24. The van der Waals surface area contributed by atoms with Crippen LogP contribution in [0.2, 0.25) is 0 Å². The first kappa shape index (κ1) is 18.4. The molecule has 0 spiro atoms. The normalized spacial score (nSPS) is 10.5. The van der Waals surface area contributed by atoms with E-state index in [1.54, 1.807) is 24.2 Å². The molecule has 0 saturated carbocycles. The fourth-order valence-corrected chi connectivity index (χ4v) is 2.87. The minimum Gasteiger partial charge on any atom is -0.497 e. The summed E-state index contributed by atoms with van der Waals surface area (Å²) in [7, 11) is 1.61. The highest BCUT2D eigenvalue weighted by atomic mass is 16.5. The lowest BCUT2D eigenvalue weighted by molar-refractivity contribution is 0.0940. The standard InChI is InChI=1S/C22H19N5O2/c1-29-19-11-5-8-17(13-19)21-25-20(26-27(21)18-9-3-2-4-10-18)22(28)24-15-16-7-6-12-23-14-16/h2-14H,15H2,1H3,(H,24,28). The maximum Gasteiger partial charge on any atom is 0.291 e. The smallest absolute Gasteiger partial charge is 0.291 e. The van der Waals surface area contributed by atoms with Crippen molar-refractivity contribution in [2.24, 2.45) is 0 Å². The van der Waals surface area contributed by atoms with Crippen LogP contribution >= 0.6 is 0 Å². The van der Waals surface area contributed by atoms with Gasteiger partial charge in [-0.15, -0.1) is 5.10 Å². The van der Waals surface area contributed by atoms with Crippen molar-refractivity contribution >= 4 is 5.91 Å². The van der Waals surface area contributed by atoms with Crippen LogP contribution in [-0.2, 0) is 6.54 Å². The van der Waals surface area contributed by atoms with E-state index in [0.29, 0.717) is 18.1 Å². The van der Waals surface area contributed by atoms with E-state index >= 15 is 0 Å². The molecule has 0 radical (unpaired) electrons. The Hall–Kier alpha value is -4.00. The molecule has 2 heterocycles. The maximum absolute atomic E-state index is 12.7. The Labute approximate surface area is 168 Å². The number of hydrogen-bond donors (Lipinski definition) is 1. The minimum absolute atomic E-state index is 0.0931. The predicted molar refractivity (Wildman–Crippen MR) is 109 cm³/mol. The van der Waals surface area contributed by atoms with Gasteiger partial charge in [-0.05, 0) is 35.9 Å². The lowest BCUT2D eigenvalue weighted by Gasteiger charge is -2.07. The molecule has 2 aromatic heterocycles. The number of benzene rings is 2. The van der Waals surface area contributed by atoms with Gasteiger partial charge in [0.1, 0.15) is 5.75 Å². The first-order valence-corrected chi connectivity index (χ1v) is 9.08. The van der Waals surface area contributed by atoms with Crippen LogP contribution < -0.4 is 10.1 Å². The van der Waals surface area contributed by atoms with Crippen LogP contribution in [0.3, 0.4) is 0 Å². The van der Waals surface area contributed by atoms with Crippen LogP contribution in [0.4, 0.5) is 0 Å². The summed E-state index contributed by atoms with van der Waals surface area (Å²) in [6.07, 6.45) is 3.40. The number of pyridine rings is 1. The summed E-state index contributed by atoms with van der Waals surface area (Å²) < 4.78 is 6.98. The van der Waals surface area contributed by atoms with Crippen molar-refractivity contribution in [1.29, 1.82) is 0 Å². The predicted octanol–water partition coefficient (Wildman–Crippen LogP) is 3.27. The average molecular weight is 385 g/mol. The molecule has 1 N–H and O–H groups in total. The molecule has 0 fully saturated rings. The number of nitrogens with zero attached hydrogens (tertiary/aromatic N) is 4. The Bertz CT molecular complexity index is 1110. The molecule has 144 valence electrons. The Morgan fingerprint density at radius 1 is 1.07 bits per heavy atom. The summed E-state index contributed by atoms with van der Waals surface area (Å²) in [5.41, 5.74) is 2.51. The van der Waals surface area contributed by atoms with E-state index in [-0.39, 0.29) is 11.7 Å². The van der Waals surface area contributed by atoms with Crippen LogP contribution in [-0.4, -0.2) is 32.8 Å². The number of hydrogen-bond acceptors (Lipinski definition) is 5. The second-order valence-electron chi connectivity index (χ2n) is 6.28. The van der Waals surface area contributed by atoms with Crippen LogP contribution in [0, 0.1) is 0 Å². The van der Waals surface area contributed by atoms with Crippen LogP contribution in [0.1, 0.15) is 16.2 Å². The third kappa shape index (κ3) is 4.14. The number of amides is 1. The molecule has 7 heteroatoms. The summed E-state index contributed by atoms with van der Waals surface area (Å²) in [5.74, 6) is 0.998. The van der Waals surface area contributed by atoms with Gasteiger partial charge in [0.15, 0.2) is 5.82 Å².